The van der Waals surface area contributed by atoms with E-state index in [1.807, 2.05) is 17.7 Å². The number of primary amides is 1. The molecule has 1 aliphatic carbocycles. The summed E-state index contributed by atoms with van der Waals surface area (Å²) in [5.74, 6) is 2.16. The van der Waals surface area contributed by atoms with Gasteiger partial charge >= 0.3 is 0 Å². The van der Waals surface area contributed by atoms with Crippen LogP contribution in [0.15, 0.2) is 12.4 Å². The van der Waals surface area contributed by atoms with E-state index in [2.05, 4.69) is 22.1 Å². The zero-order chi connectivity index (χ0) is 19.6. The lowest BCUT2D eigenvalue weighted by Crippen LogP contribution is -2.25. The van der Waals surface area contributed by atoms with Crippen LogP contribution in [0, 0.1) is 18.8 Å². The first-order chi connectivity index (χ1) is 12.8. The Kier molecular flexibility index (Phi) is 5.57. The molecule has 2 aromatic rings. The van der Waals surface area contributed by atoms with Gasteiger partial charge in [0.1, 0.15) is 12.1 Å². The molecule has 9 nitrogen and oxygen atoms in total. The lowest BCUT2D eigenvalue weighted by atomic mass is 9.76. The van der Waals surface area contributed by atoms with Gasteiger partial charge in [-0.05, 0) is 38.0 Å². The molecule has 0 atom stereocenters. The fourth-order valence-electron chi connectivity index (χ4n) is 3.62. The number of fused-ring (bicyclic) bond motifs is 1. The summed E-state index contributed by atoms with van der Waals surface area (Å²) in [6.07, 6.45) is 5.57. The summed E-state index contributed by atoms with van der Waals surface area (Å²) in [4.78, 5) is 27.7. The molecule has 2 amide bonds. The molecule has 0 unspecified atom stereocenters. The van der Waals surface area contributed by atoms with Crippen molar-refractivity contribution < 1.29 is 9.59 Å². The number of aromatic nitrogens is 5. The second-order valence-electron chi connectivity index (χ2n) is 7.52. The number of hydrogen-bond acceptors (Lipinski definition) is 5. The van der Waals surface area contributed by atoms with Crippen LogP contribution in [0.25, 0.3) is 0 Å². The number of nitrogens with zero attached hydrogens (tertiary/aromatic N) is 6. The van der Waals surface area contributed by atoms with E-state index < -0.39 is 5.91 Å². The Morgan fingerprint density at radius 1 is 1.33 bits per heavy atom. The smallest absolute Gasteiger partial charge is 0.288 e. The van der Waals surface area contributed by atoms with E-state index >= 15 is 0 Å². The largest absolute Gasteiger partial charge is 0.363 e. The predicted molar refractivity (Wildman–Crippen MR) is 100 cm³/mol. The van der Waals surface area contributed by atoms with Gasteiger partial charge in [0, 0.05) is 32.6 Å². The molecule has 2 aromatic heterocycles. The van der Waals surface area contributed by atoms with E-state index in [9.17, 15) is 9.59 Å². The Labute approximate surface area is 158 Å². The average molecular weight is 373 g/mol. The number of carbonyl (C=O) groups is 2. The molecule has 0 aromatic carbocycles. The van der Waals surface area contributed by atoms with Crippen LogP contribution < -0.4 is 10.6 Å². The second kappa shape index (κ2) is 7.89. The number of rotatable bonds is 3. The third kappa shape index (κ3) is 4.53. The van der Waals surface area contributed by atoms with Crippen LogP contribution in [0.3, 0.4) is 0 Å². The maximum Gasteiger partial charge on any atom is 0.288 e. The SMILES string of the molecule is CC1CC(Cn2cnc(C(N)=O)n2)C1.Cc1cc2n(n1)CCCC(=O)N2C. The van der Waals surface area contributed by atoms with Gasteiger partial charge in [-0.25, -0.2) is 9.67 Å². The number of anilines is 1. The Morgan fingerprint density at radius 2 is 2.07 bits per heavy atom. The molecule has 0 spiro atoms. The van der Waals surface area contributed by atoms with Crippen molar-refractivity contribution in [1.29, 1.82) is 0 Å². The van der Waals surface area contributed by atoms with Crippen molar-refractivity contribution >= 4 is 17.6 Å². The molecule has 9 heteroatoms. The molecule has 27 heavy (non-hydrogen) atoms. The monoisotopic (exact) mass is 373 g/mol. The first-order valence-corrected chi connectivity index (χ1v) is 9.33. The van der Waals surface area contributed by atoms with E-state index in [1.165, 1.54) is 12.8 Å². The van der Waals surface area contributed by atoms with E-state index in [4.69, 9.17) is 5.73 Å². The minimum absolute atomic E-state index is 0.109. The molecule has 4 rings (SSSR count). The second-order valence-corrected chi connectivity index (χ2v) is 7.52. The quantitative estimate of drug-likeness (QED) is 0.873. The average Bonchev–Trinajstić information content (AvgIpc) is 3.17. The Morgan fingerprint density at radius 3 is 2.70 bits per heavy atom. The minimum Gasteiger partial charge on any atom is -0.363 e. The number of carbonyl (C=O) groups excluding carboxylic acids is 2. The molecule has 2 aliphatic rings. The van der Waals surface area contributed by atoms with Gasteiger partial charge in [0.25, 0.3) is 5.91 Å². The number of hydrogen-bond donors (Lipinski definition) is 1. The highest BCUT2D eigenvalue weighted by atomic mass is 16.2. The predicted octanol–water partition coefficient (Wildman–Crippen LogP) is 1.37. The van der Waals surface area contributed by atoms with Gasteiger partial charge in [-0.1, -0.05) is 6.92 Å². The van der Waals surface area contributed by atoms with Crippen molar-refractivity contribution in [2.75, 3.05) is 11.9 Å². The minimum atomic E-state index is -0.564. The summed E-state index contributed by atoms with van der Waals surface area (Å²) >= 11 is 0. The van der Waals surface area contributed by atoms with E-state index in [1.54, 1.807) is 23.0 Å². The van der Waals surface area contributed by atoms with Gasteiger partial charge in [-0.15, -0.1) is 5.10 Å². The lowest BCUT2D eigenvalue weighted by Gasteiger charge is -2.32. The highest BCUT2D eigenvalue weighted by Gasteiger charge is 2.26. The first kappa shape index (κ1) is 19.1. The molecule has 0 bridgehead atoms. The molecule has 3 heterocycles. The molecule has 146 valence electrons. The fourth-order valence-corrected chi connectivity index (χ4v) is 3.62. The normalized spacial score (nSPS) is 21.6. The van der Waals surface area contributed by atoms with E-state index in [0.29, 0.717) is 12.3 Å². The van der Waals surface area contributed by atoms with Crippen LogP contribution in [0.1, 0.15) is 48.9 Å². The Balaban J connectivity index is 0.000000156. The van der Waals surface area contributed by atoms with Crippen molar-refractivity contribution in [1.82, 2.24) is 24.5 Å². The van der Waals surface area contributed by atoms with Crippen molar-refractivity contribution in [3.63, 3.8) is 0 Å². The standard InChI is InChI=1S/C9H14N4O.C9H13N3O/c1-6-2-7(3-6)4-13-5-11-9(12-13)8(10)14;1-7-6-8-11(2)9(13)4-3-5-12(8)10-7/h5-7H,2-4H2,1H3,(H2,10,14);6H,3-5H2,1-2H3. The van der Waals surface area contributed by atoms with Crippen molar-refractivity contribution in [2.45, 2.75) is 52.6 Å². The molecule has 2 N–H and O–H groups in total. The van der Waals surface area contributed by atoms with Crippen LogP contribution in [0.2, 0.25) is 0 Å². The summed E-state index contributed by atoms with van der Waals surface area (Å²) in [6.45, 7) is 5.89. The van der Waals surface area contributed by atoms with Gasteiger partial charge in [0.15, 0.2) is 0 Å². The van der Waals surface area contributed by atoms with E-state index in [0.717, 1.165) is 36.9 Å². The van der Waals surface area contributed by atoms with Crippen molar-refractivity contribution in [3.05, 3.63) is 23.9 Å². The maximum absolute atomic E-state index is 11.5. The topological polar surface area (TPSA) is 112 Å². The summed E-state index contributed by atoms with van der Waals surface area (Å²) in [7, 11) is 1.81. The maximum atomic E-state index is 11.5. The summed E-state index contributed by atoms with van der Waals surface area (Å²) in [5.41, 5.74) is 6.02. The third-order valence-electron chi connectivity index (χ3n) is 5.03. The molecular formula is C18H27N7O2. The lowest BCUT2D eigenvalue weighted by molar-refractivity contribution is -0.118. The molecule has 1 fully saturated rings. The summed E-state index contributed by atoms with van der Waals surface area (Å²) < 4.78 is 3.61. The van der Waals surface area contributed by atoms with Crippen LogP contribution in [0.4, 0.5) is 5.82 Å². The molecule has 0 saturated heterocycles. The Hall–Kier alpha value is -2.71. The van der Waals surface area contributed by atoms with Crippen LogP contribution in [0.5, 0.6) is 0 Å². The van der Waals surface area contributed by atoms with Crippen molar-refractivity contribution in [2.24, 2.45) is 17.6 Å². The van der Waals surface area contributed by atoms with Gasteiger partial charge < -0.3 is 10.6 Å². The zero-order valence-corrected chi connectivity index (χ0v) is 16.1. The molecule has 1 aliphatic heterocycles. The molecule has 1 saturated carbocycles. The highest BCUT2D eigenvalue weighted by Crippen LogP contribution is 2.33. The Bertz CT molecular complexity index is 820. The number of amides is 2. The van der Waals surface area contributed by atoms with Crippen LogP contribution >= 0.6 is 0 Å². The third-order valence-corrected chi connectivity index (χ3v) is 5.03. The highest BCUT2D eigenvalue weighted by molar-refractivity contribution is 5.92. The molecule has 0 radical (unpaired) electrons. The first-order valence-electron chi connectivity index (χ1n) is 9.33. The van der Waals surface area contributed by atoms with Crippen LogP contribution in [-0.4, -0.2) is 43.4 Å². The van der Waals surface area contributed by atoms with Gasteiger partial charge in [0.2, 0.25) is 11.7 Å². The summed E-state index contributed by atoms with van der Waals surface area (Å²) in [5, 5.41) is 8.31. The number of nitrogens with two attached hydrogens (primary N) is 1. The van der Waals surface area contributed by atoms with Gasteiger partial charge in [-0.3, -0.25) is 14.3 Å². The van der Waals surface area contributed by atoms with E-state index in [-0.39, 0.29) is 11.7 Å². The zero-order valence-electron chi connectivity index (χ0n) is 16.1. The van der Waals surface area contributed by atoms with Gasteiger partial charge in [-0.2, -0.15) is 5.10 Å². The van der Waals surface area contributed by atoms with Gasteiger partial charge in [0.05, 0.1) is 5.69 Å². The molecular weight excluding hydrogens is 346 g/mol. The van der Waals surface area contributed by atoms with Crippen LogP contribution in [-0.2, 0) is 17.9 Å². The van der Waals surface area contributed by atoms with Crippen molar-refractivity contribution in [3.8, 4) is 0 Å². The summed E-state index contributed by atoms with van der Waals surface area (Å²) in [6, 6.07) is 1.95. The fraction of sp³-hybridized carbons (Fsp3) is 0.611. The number of aryl methyl sites for hydroxylation is 2.